The number of hydrazine groups is 1. The number of benzene rings is 1. The van der Waals surface area contributed by atoms with Crippen LogP contribution < -0.4 is 10.9 Å². The molecule has 1 atom stereocenters. The molecule has 0 aliphatic heterocycles. The second kappa shape index (κ2) is 6.40. The summed E-state index contributed by atoms with van der Waals surface area (Å²) in [6.45, 7) is 9.50. The van der Waals surface area contributed by atoms with Gasteiger partial charge in [-0.3, -0.25) is 5.43 Å². The van der Waals surface area contributed by atoms with Crippen LogP contribution in [0.3, 0.4) is 0 Å². The lowest BCUT2D eigenvalue weighted by Gasteiger charge is -2.21. The number of aryl methyl sites for hydroxylation is 1. The minimum atomic E-state index is -0.525. The average Bonchev–Trinajstić information content (AvgIpc) is 2.81. The van der Waals surface area contributed by atoms with E-state index in [2.05, 4.69) is 23.8 Å². The number of fused-ring (bicyclic) bond motifs is 1. The van der Waals surface area contributed by atoms with Crippen LogP contribution >= 0.6 is 0 Å². The lowest BCUT2D eigenvalue weighted by molar-refractivity contribution is 0.0487. The largest absolute Gasteiger partial charge is 0.459 e. The number of para-hydroxylation sites is 1. The molecule has 0 aliphatic rings. The molecule has 1 amide bonds. The first-order valence-corrected chi connectivity index (χ1v) is 7.56. The van der Waals surface area contributed by atoms with Gasteiger partial charge in [-0.05, 0) is 40.2 Å². The van der Waals surface area contributed by atoms with E-state index in [1.165, 1.54) is 0 Å². The van der Waals surface area contributed by atoms with Gasteiger partial charge < -0.3 is 9.15 Å². The lowest BCUT2D eigenvalue weighted by atomic mass is 10.1. The van der Waals surface area contributed by atoms with Gasteiger partial charge in [0, 0.05) is 10.9 Å². The molecule has 0 saturated heterocycles. The monoisotopic (exact) mass is 304 g/mol. The minimum absolute atomic E-state index is 0.158. The van der Waals surface area contributed by atoms with Gasteiger partial charge in [-0.15, -0.1) is 0 Å². The second-order valence-corrected chi connectivity index (χ2v) is 6.29. The summed E-state index contributed by atoms with van der Waals surface area (Å²) < 4.78 is 11.1. The third kappa shape index (κ3) is 3.80. The van der Waals surface area contributed by atoms with Gasteiger partial charge in [-0.1, -0.05) is 25.1 Å². The molecule has 1 aromatic carbocycles. The molecule has 0 bridgehead atoms. The van der Waals surface area contributed by atoms with Crippen molar-refractivity contribution in [2.75, 3.05) is 0 Å². The molecule has 0 radical (unpaired) electrons. The molecular weight excluding hydrogens is 280 g/mol. The Bertz CT molecular complexity index is 655. The molecule has 22 heavy (non-hydrogen) atoms. The molecule has 0 saturated carbocycles. The average molecular weight is 304 g/mol. The number of carbonyl (C=O) groups excluding carboxylic acids is 1. The Kier molecular flexibility index (Phi) is 4.76. The van der Waals surface area contributed by atoms with Crippen molar-refractivity contribution < 1.29 is 13.9 Å². The number of carbonyl (C=O) groups is 1. The van der Waals surface area contributed by atoms with Crippen LogP contribution in [0.25, 0.3) is 11.0 Å². The van der Waals surface area contributed by atoms with Gasteiger partial charge in [0.15, 0.2) is 0 Å². The highest BCUT2D eigenvalue weighted by molar-refractivity contribution is 5.82. The van der Waals surface area contributed by atoms with Gasteiger partial charge in [0.25, 0.3) is 0 Å². The molecule has 1 unspecified atom stereocenters. The van der Waals surface area contributed by atoms with Crippen LogP contribution in [0, 0.1) is 0 Å². The summed E-state index contributed by atoms with van der Waals surface area (Å²) in [4.78, 5) is 11.7. The first kappa shape index (κ1) is 16.4. The highest BCUT2D eigenvalue weighted by Crippen LogP contribution is 2.30. The number of nitrogens with one attached hydrogen (secondary N) is 2. The second-order valence-electron chi connectivity index (χ2n) is 6.29. The number of amides is 1. The van der Waals surface area contributed by atoms with Crippen molar-refractivity contribution in [2.45, 2.75) is 52.7 Å². The molecule has 0 spiro atoms. The summed E-state index contributed by atoms with van der Waals surface area (Å²) in [6.07, 6.45) is 0.360. The third-order valence-corrected chi connectivity index (χ3v) is 3.27. The van der Waals surface area contributed by atoms with E-state index < -0.39 is 11.7 Å². The standard InChI is InChI=1S/C17H24N2O3/c1-6-12-13-9-7-8-10-14(13)21-15(12)11(2)18-19-16(20)22-17(3,4)5/h7-11,18H,6H2,1-5H3,(H,19,20). The van der Waals surface area contributed by atoms with E-state index in [1.54, 1.807) is 0 Å². The van der Waals surface area contributed by atoms with E-state index in [0.717, 1.165) is 28.7 Å². The molecule has 5 nitrogen and oxygen atoms in total. The maximum Gasteiger partial charge on any atom is 0.422 e. The van der Waals surface area contributed by atoms with Crippen LogP contribution in [0.4, 0.5) is 4.79 Å². The third-order valence-electron chi connectivity index (χ3n) is 3.27. The summed E-state index contributed by atoms with van der Waals surface area (Å²) >= 11 is 0. The molecule has 0 aliphatic carbocycles. The zero-order valence-corrected chi connectivity index (χ0v) is 13.8. The summed E-state index contributed by atoms with van der Waals surface area (Å²) in [6, 6.07) is 7.79. The fourth-order valence-corrected chi connectivity index (χ4v) is 2.37. The van der Waals surface area contributed by atoms with Gasteiger partial charge >= 0.3 is 6.09 Å². The Balaban J connectivity index is 2.10. The van der Waals surface area contributed by atoms with Gasteiger partial charge in [-0.2, -0.15) is 0 Å². The maximum absolute atomic E-state index is 11.7. The number of ether oxygens (including phenoxy) is 1. The molecular formula is C17H24N2O3. The molecule has 2 N–H and O–H groups in total. The summed E-state index contributed by atoms with van der Waals surface area (Å²) in [7, 11) is 0. The number of hydrogen-bond acceptors (Lipinski definition) is 4. The molecule has 0 fully saturated rings. The maximum atomic E-state index is 11.7. The van der Waals surface area contributed by atoms with Crippen LogP contribution in [-0.4, -0.2) is 11.7 Å². The van der Waals surface area contributed by atoms with Gasteiger partial charge in [0.1, 0.15) is 16.9 Å². The van der Waals surface area contributed by atoms with Crippen molar-refractivity contribution in [3.63, 3.8) is 0 Å². The molecule has 2 aromatic rings. The number of rotatable bonds is 4. The van der Waals surface area contributed by atoms with E-state index in [4.69, 9.17) is 9.15 Å². The van der Waals surface area contributed by atoms with E-state index in [-0.39, 0.29) is 6.04 Å². The first-order valence-electron chi connectivity index (χ1n) is 7.56. The van der Waals surface area contributed by atoms with Crippen molar-refractivity contribution in [3.05, 3.63) is 35.6 Å². The zero-order valence-electron chi connectivity index (χ0n) is 13.8. The fourth-order valence-electron chi connectivity index (χ4n) is 2.37. The van der Waals surface area contributed by atoms with Crippen LogP contribution in [0.2, 0.25) is 0 Å². The first-order chi connectivity index (χ1) is 10.3. The van der Waals surface area contributed by atoms with Crippen LogP contribution in [-0.2, 0) is 11.2 Å². The number of furan rings is 1. The van der Waals surface area contributed by atoms with E-state index in [0.29, 0.717) is 0 Å². The summed E-state index contributed by atoms with van der Waals surface area (Å²) in [5.74, 6) is 0.833. The molecule has 120 valence electrons. The van der Waals surface area contributed by atoms with Crippen molar-refractivity contribution in [2.24, 2.45) is 0 Å². The van der Waals surface area contributed by atoms with Crippen LogP contribution in [0.5, 0.6) is 0 Å². The van der Waals surface area contributed by atoms with E-state index >= 15 is 0 Å². The topological polar surface area (TPSA) is 63.5 Å². The Hall–Kier alpha value is -2.01. The van der Waals surface area contributed by atoms with E-state index in [1.807, 2.05) is 45.9 Å². The van der Waals surface area contributed by atoms with Gasteiger partial charge in [-0.25, -0.2) is 10.2 Å². The number of hydrogen-bond donors (Lipinski definition) is 2. The normalized spacial score (nSPS) is 13.1. The van der Waals surface area contributed by atoms with Crippen molar-refractivity contribution in [1.29, 1.82) is 0 Å². The molecule has 1 heterocycles. The Morgan fingerprint density at radius 3 is 2.64 bits per heavy atom. The van der Waals surface area contributed by atoms with Gasteiger partial charge in [0.05, 0.1) is 6.04 Å². The van der Waals surface area contributed by atoms with Crippen molar-refractivity contribution >= 4 is 17.1 Å². The predicted octanol–water partition coefficient (Wildman–Crippen LogP) is 4.09. The molecule has 5 heteroatoms. The van der Waals surface area contributed by atoms with Crippen LogP contribution in [0.15, 0.2) is 28.7 Å². The minimum Gasteiger partial charge on any atom is -0.459 e. The Labute approximate surface area is 131 Å². The quantitative estimate of drug-likeness (QED) is 0.835. The summed E-state index contributed by atoms with van der Waals surface area (Å²) in [5.41, 5.74) is 6.99. The Morgan fingerprint density at radius 1 is 1.32 bits per heavy atom. The predicted molar refractivity (Wildman–Crippen MR) is 86.5 cm³/mol. The van der Waals surface area contributed by atoms with Crippen molar-refractivity contribution in [3.8, 4) is 0 Å². The van der Waals surface area contributed by atoms with Gasteiger partial charge in [0.2, 0.25) is 0 Å². The fraction of sp³-hybridized carbons (Fsp3) is 0.471. The summed E-state index contributed by atoms with van der Waals surface area (Å²) in [5, 5.41) is 1.12. The SMILES string of the molecule is CCc1c(C(C)NNC(=O)OC(C)(C)C)oc2ccccc12. The van der Waals surface area contributed by atoms with Crippen molar-refractivity contribution in [1.82, 2.24) is 10.9 Å². The lowest BCUT2D eigenvalue weighted by Crippen LogP contribution is -2.42. The smallest absolute Gasteiger partial charge is 0.422 e. The Morgan fingerprint density at radius 2 is 2.00 bits per heavy atom. The van der Waals surface area contributed by atoms with E-state index in [9.17, 15) is 4.79 Å². The zero-order chi connectivity index (χ0) is 16.3. The highest BCUT2D eigenvalue weighted by atomic mass is 16.6. The highest BCUT2D eigenvalue weighted by Gasteiger charge is 2.20. The molecule has 1 aromatic heterocycles. The molecule has 2 rings (SSSR count). The van der Waals surface area contributed by atoms with Crippen LogP contribution in [0.1, 0.15) is 52.0 Å².